The van der Waals surface area contributed by atoms with Gasteiger partial charge in [-0.2, -0.15) is 0 Å². The molecular formula is C24H30O7. The van der Waals surface area contributed by atoms with Crippen molar-refractivity contribution in [3.63, 3.8) is 0 Å². The van der Waals surface area contributed by atoms with Crippen LogP contribution in [-0.4, -0.2) is 43.3 Å². The first-order valence-corrected chi connectivity index (χ1v) is 10.9. The standard InChI is InChI=1S/C24H30O7/c1-6-29-19(25)16-13-15-14(8-7-9-17(15)28-5)12-18(16)30-21(27)24-11-10-23(4,20(26)31-24)22(24,2)3/h7-9,16,18H,6,10-13H2,1-5H3. The first-order chi connectivity index (χ1) is 14.6. The van der Waals surface area contributed by atoms with Crippen LogP contribution in [0, 0.1) is 16.7 Å². The van der Waals surface area contributed by atoms with Crippen molar-refractivity contribution in [3.05, 3.63) is 29.3 Å². The van der Waals surface area contributed by atoms with Crippen molar-refractivity contribution in [2.24, 2.45) is 16.7 Å². The van der Waals surface area contributed by atoms with Gasteiger partial charge in [0, 0.05) is 11.8 Å². The molecule has 3 aliphatic rings. The van der Waals surface area contributed by atoms with Gasteiger partial charge in [-0.1, -0.05) is 26.0 Å². The summed E-state index contributed by atoms with van der Waals surface area (Å²) in [6.07, 6.45) is 0.998. The van der Waals surface area contributed by atoms with Crippen molar-refractivity contribution < 1.29 is 33.3 Å². The minimum Gasteiger partial charge on any atom is -0.496 e. The van der Waals surface area contributed by atoms with Gasteiger partial charge in [0.1, 0.15) is 11.9 Å². The van der Waals surface area contributed by atoms with Gasteiger partial charge in [-0.25, -0.2) is 4.79 Å². The van der Waals surface area contributed by atoms with Crippen molar-refractivity contribution in [2.75, 3.05) is 13.7 Å². The van der Waals surface area contributed by atoms with E-state index in [9.17, 15) is 14.4 Å². The Morgan fingerprint density at radius 3 is 2.48 bits per heavy atom. The summed E-state index contributed by atoms with van der Waals surface area (Å²) >= 11 is 0. The molecule has 0 spiro atoms. The van der Waals surface area contributed by atoms with E-state index in [0.29, 0.717) is 31.4 Å². The number of ether oxygens (including phenoxy) is 4. The predicted octanol–water partition coefficient (Wildman–Crippen LogP) is 3.01. The molecule has 4 atom stereocenters. The van der Waals surface area contributed by atoms with Gasteiger partial charge in [-0.05, 0) is 50.3 Å². The van der Waals surface area contributed by atoms with Crippen LogP contribution in [0.2, 0.25) is 0 Å². The number of rotatable bonds is 5. The molecule has 0 N–H and O–H groups in total. The molecule has 0 aromatic heterocycles. The summed E-state index contributed by atoms with van der Waals surface area (Å²) in [7, 11) is 1.59. The minimum atomic E-state index is -1.33. The third-order valence-electron chi connectivity index (χ3n) is 8.00. The van der Waals surface area contributed by atoms with E-state index in [1.54, 1.807) is 14.0 Å². The van der Waals surface area contributed by atoms with Gasteiger partial charge in [0.25, 0.3) is 0 Å². The number of fused-ring (bicyclic) bond motifs is 3. The summed E-state index contributed by atoms with van der Waals surface area (Å²) in [6, 6.07) is 5.68. The van der Waals surface area contributed by atoms with E-state index < -0.39 is 40.4 Å². The smallest absolute Gasteiger partial charge is 0.351 e. The van der Waals surface area contributed by atoms with E-state index in [4.69, 9.17) is 18.9 Å². The van der Waals surface area contributed by atoms with Crippen LogP contribution in [-0.2, 0) is 41.4 Å². The SMILES string of the molecule is CCOC(=O)C1Cc2c(cccc2OC)CC1OC(=O)C12CCC(C)(C(=O)O1)C2(C)C. The van der Waals surface area contributed by atoms with E-state index in [1.165, 1.54) is 0 Å². The fourth-order valence-corrected chi connectivity index (χ4v) is 5.48. The van der Waals surface area contributed by atoms with E-state index in [1.807, 2.05) is 39.0 Å². The zero-order valence-electron chi connectivity index (χ0n) is 18.8. The Kier molecular flexibility index (Phi) is 5.06. The molecule has 2 aliphatic carbocycles. The summed E-state index contributed by atoms with van der Waals surface area (Å²) in [5, 5.41) is 0. The molecule has 1 aliphatic heterocycles. The normalized spacial score (nSPS) is 32.7. The summed E-state index contributed by atoms with van der Waals surface area (Å²) in [4.78, 5) is 38.8. The van der Waals surface area contributed by atoms with Gasteiger partial charge in [0.15, 0.2) is 0 Å². The van der Waals surface area contributed by atoms with Crippen LogP contribution in [0.15, 0.2) is 18.2 Å². The van der Waals surface area contributed by atoms with Crippen molar-refractivity contribution in [3.8, 4) is 5.75 Å². The molecule has 0 radical (unpaired) electrons. The lowest BCUT2D eigenvalue weighted by Crippen LogP contribution is -2.51. The van der Waals surface area contributed by atoms with Crippen LogP contribution in [0.5, 0.6) is 5.75 Å². The number of methoxy groups -OCH3 is 1. The molecule has 1 aromatic carbocycles. The maximum atomic E-state index is 13.5. The molecule has 1 saturated heterocycles. The fourth-order valence-electron chi connectivity index (χ4n) is 5.48. The molecular weight excluding hydrogens is 400 g/mol. The highest BCUT2D eigenvalue weighted by Gasteiger charge is 2.76. The van der Waals surface area contributed by atoms with Gasteiger partial charge in [0.05, 0.1) is 25.0 Å². The average Bonchev–Trinajstić information content (AvgIpc) is 3.03. The van der Waals surface area contributed by atoms with E-state index in [-0.39, 0.29) is 12.6 Å². The molecule has 7 nitrogen and oxygen atoms in total. The van der Waals surface area contributed by atoms with Gasteiger partial charge in [-0.15, -0.1) is 0 Å². The number of benzene rings is 1. The van der Waals surface area contributed by atoms with Crippen molar-refractivity contribution in [1.29, 1.82) is 0 Å². The molecule has 2 fully saturated rings. The lowest BCUT2D eigenvalue weighted by Gasteiger charge is -2.38. The van der Waals surface area contributed by atoms with Gasteiger partial charge >= 0.3 is 17.9 Å². The Morgan fingerprint density at radius 1 is 1.16 bits per heavy atom. The van der Waals surface area contributed by atoms with Gasteiger partial charge < -0.3 is 18.9 Å². The molecule has 1 heterocycles. The van der Waals surface area contributed by atoms with E-state index >= 15 is 0 Å². The van der Waals surface area contributed by atoms with Crippen LogP contribution in [0.3, 0.4) is 0 Å². The molecule has 168 valence electrons. The Hall–Kier alpha value is -2.57. The number of carbonyl (C=O) groups is 3. The van der Waals surface area contributed by atoms with Crippen LogP contribution >= 0.6 is 0 Å². The topological polar surface area (TPSA) is 88.1 Å². The third kappa shape index (κ3) is 2.88. The number of hydrogen-bond donors (Lipinski definition) is 0. The quantitative estimate of drug-likeness (QED) is 0.524. The highest BCUT2D eigenvalue weighted by molar-refractivity contribution is 5.94. The van der Waals surface area contributed by atoms with Gasteiger partial charge in [-0.3, -0.25) is 9.59 Å². The molecule has 1 aromatic rings. The first-order valence-electron chi connectivity index (χ1n) is 10.9. The molecule has 4 rings (SSSR count). The Labute approximate surface area is 182 Å². The molecule has 0 amide bonds. The predicted molar refractivity (Wildman–Crippen MR) is 110 cm³/mol. The molecule has 7 heteroatoms. The lowest BCUT2D eigenvalue weighted by atomic mass is 9.66. The molecule has 31 heavy (non-hydrogen) atoms. The van der Waals surface area contributed by atoms with E-state index in [0.717, 1.165) is 11.1 Å². The number of carbonyl (C=O) groups excluding carboxylic acids is 3. The highest BCUT2D eigenvalue weighted by atomic mass is 16.6. The number of hydrogen-bond acceptors (Lipinski definition) is 7. The monoisotopic (exact) mass is 430 g/mol. The summed E-state index contributed by atoms with van der Waals surface area (Å²) in [5.41, 5.74) is -0.862. The zero-order valence-corrected chi connectivity index (χ0v) is 18.8. The largest absolute Gasteiger partial charge is 0.496 e. The molecule has 2 bridgehead atoms. The Morgan fingerprint density at radius 2 is 1.90 bits per heavy atom. The second-order valence-corrected chi connectivity index (χ2v) is 9.48. The molecule has 4 unspecified atom stereocenters. The second kappa shape index (κ2) is 7.24. The number of esters is 3. The summed E-state index contributed by atoms with van der Waals surface area (Å²) in [5.74, 6) is -1.29. The molecule has 1 saturated carbocycles. The minimum absolute atomic E-state index is 0.238. The summed E-state index contributed by atoms with van der Waals surface area (Å²) < 4.78 is 22.4. The maximum absolute atomic E-state index is 13.5. The first kappa shape index (κ1) is 21.7. The highest BCUT2D eigenvalue weighted by Crippen LogP contribution is 2.66. The van der Waals surface area contributed by atoms with Crippen LogP contribution in [0.25, 0.3) is 0 Å². The van der Waals surface area contributed by atoms with Crippen molar-refractivity contribution in [2.45, 2.75) is 65.1 Å². The Bertz CT molecular complexity index is 936. The maximum Gasteiger partial charge on any atom is 0.351 e. The average molecular weight is 430 g/mol. The van der Waals surface area contributed by atoms with Crippen LogP contribution in [0.1, 0.15) is 51.7 Å². The summed E-state index contributed by atoms with van der Waals surface area (Å²) in [6.45, 7) is 7.60. The third-order valence-corrected chi connectivity index (χ3v) is 8.00. The van der Waals surface area contributed by atoms with E-state index in [2.05, 4.69) is 0 Å². The fraction of sp³-hybridized carbons (Fsp3) is 0.625. The Balaban J connectivity index is 1.65. The lowest BCUT2D eigenvalue weighted by molar-refractivity contribution is -0.191. The zero-order chi connectivity index (χ0) is 22.6. The van der Waals surface area contributed by atoms with Crippen molar-refractivity contribution >= 4 is 17.9 Å². The van der Waals surface area contributed by atoms with Crippen LogP contribution in [0.4, 0.5) is 0 Å². The van der Waals surface area contributed by atoms with Gasteiger partial charge in [0.2, 0.25) is 5.60 Å². The van der Waals surface area contributed by atoms with Crippen molar-refractivity contribution in [1.82, 2.24) is 0 Å². The van der Waals surface area contributed by atoms with Crippen LogP contribution < -0.4 is 4.74 Å². The second-order valence-electron chi connectivity index (χ2n) is 9.48.